The standard InChI is InChI=1S/C23H21F3N4O7/c1-35-22(34)15-9-13(37-23(24,25)26)3-5-16(15)30-6-7-36-18(21(30)33)17(31)20(32)29-12-2-4-14-11(8-12)10-28-19(14)27/h2-5,8-9,17-18,31H,6-7,10H2,1H3,(H2,27,28)(H,29,32). The van der Waals surface area contributed by atoms with Crippen molar-refractivity contribution in [3.63, 3.8) is 0 Å². The van der Waals surface area contributed by atoms with Crippen LogP contribution >= 0.6 is 0 Å². The number of fused-ring (bicyclic) bond motifs is 1. The van der Waals surface area contributed by atoms with Crippen LogP contribution in [0.3, 0.4) is 0 Å². The number of rotatable bonds is 6. The number of aliphatic hydroxyl groups is 1. The number of anilines is 2. The highest BCUT2D eigenvalue weighted by molar-refractivity contribution is 6.07. The predicted molar refractivity (Wildman–Crippen MR) is 122 cm³/mol. The van der Waals surface area contributed by atoms with E-state index in [9.17, 15) is 32.7 Å². The van der Waals surface area contributed by atoms with Crippen molar-refractivity contribution in [2.45, 2.75) is 25.1 Å². The third kappa shape index (κ3) is 5.49. The second-order valence-electron chi connectivity index (χ2n) is 8.01. The lowest BCUT2D eigenvalue weighted by Gasteiger charge is -2.34. The molecule has 0 bridgehead atoms. The number of nitrogens with two attached hydrogens (primary N) is 1. The number of hydrogen-bond donors (Lipinski definition) is 3. The molecule has 2 aliphatic rings. The molecule has 11 nitrogen and oxygen atoms in total. The van der Waals surface area contributed by atoms with Gasteiger partial charge in [0.1, 0.15) is 11.6 Å². The number of morpholine rings is 1. The largest absolute Gasteiger partial charge is 0.573 e. The maximum Gasteiger partial charge on any atom is 0.573 e. The zero-order valence-corrected chi connectivity index (χ0v) is 19.2. The molecule has 2 amide bonds. The molecular weight excluding hydrogens is 501 g/mol. The van der Waals surface area contributed by atoms with E-state index < -0.39 is 47.7 Å². The van der Waals surface area contributed by atoms with Crippen molar-refractivity contribution in [1.29, 1.82) is 0 Å². The Morgan fingerprint density at radius 1 is 1.27 bits per heavy atom. The van der Waals surface area contributed by atoms with E-state index in [4.69, 9.17) is 10.5 Å². The van der Waals surface area contributed by atoms with Gasteiger partial charge >= 0.3 is 12.3 Å². The summed E-state index contributed by atoms with van der Waals surface area (Å²) in [4.78, 5) is 43.2. The SMILES string of the molecule is COC(=O)c1cc(OC(F)(F)F)ccc1N1CCOC(C(O)C(=O)Nc2ccc3c(c2)CN=C3N)C1=O. The Hall–Kier alpha value is -4.17. The molecule has 2 aromatic carbocycles. The van der Waals surface area contributed by atoms with Gasteiger partial charge in [-0.3, -0.25) is 14.6 Å². The lowest BCUT2D eigenvalue weighted by atomic mass is 10.1. The summed E-state index contributed by atoms with van der Waals surface area (Å²) in [6, 6.07) is 7.61. The smallest absolute Gasteiger partial charge is 0.465 e. The first kappa shape index (κ1) is 25.9. The quantitative estimate of drug-likeness (QED) is 0.481. The van der Waals surface area contributed by atoms with Crippen molar-refractivity contribution in [3.05, 3.63) is 53.1 Å². The van der Waals surface area contributed by atoms with Crippen LogP contribution in [0.2, 0.25) is 0 Å². The molecule has 14 heteroatoms. The normalized spacial score (nSPS) is 18.1. The molecule has 0 saturated carbocycles. The molecule has 4 N–H and O–H groups in total. The maximum atomic E-state index is 13.2. The summed E-state index contributed by atoms with van der Waals surface area (Å²) in [6.45, 7) is 0.0823. The molecule has 0 spiro atoms. The molecule has 0 radical (unpaired) electrons. The van der Waals surface area contributed by atoms with Gasteiger partial charge in [0.25, 0.3) is 11.8 Å². The number of amidine groups is 1. The van der Waals surface area contributed by atoms with Crippen LogP contribution in [0.1, 0.15) is 21.5 Å². The minimum absolute atomic E-state index is 0.108. The average Bonchev–Trinajstić information content (AvgIpc) is 3.22. The first-order chi connectivity index (χ1) is 17.5. The van der Waals surface area contributed by atoms with Gasteiger partial charge in [-0.1, -0.05) is 0 Å². The van der Waals surface area contributed by atoms with Crippen molar-refractivity contribution >= 4 is 35.0 Å². The molecular formula is C23H21F3N4O7. The minimum Gasteiger partial charge on any atom is -0.465 e. The first-order valence-electron chi connectivity index (χ1n) is 10.8. The summed E-state index contributed by atoms with van der Waals surface area (Å²) in [5, 5.41) is 13.1. The lowest BCUT2D eigenvalue weighted by Crippen LogP contribution is -2.55. The maximum absolute atomic E-state index is 13.2. The van der Waals surface area contributed by atoms with Gasteiger partial charge in [0.05, 0.1) is 31.5 Å². The highest BCUT2D eigenvalue weighted by Crippen LogP contribution is 2.31. The Bertz CT molecular complexity index is 1280. The summed E-state index contributed by atoms with van der Waals surface area (Å²) in [5.74, 6) is -3.18. The lowest BCUT2D eigenvalue weighted by molar-refractivity contribution is -0.274. The Morgan fingerprint density at radius 3 is 2.73 bits per heavy atom. The topological polar surface area (TPSA) is 153 Å². The van der Waals surface area contributed by atoms with Crippen molar-refractivity contribution in [2.24, 2.45) is 10.7 Å². The number of aliphatic hydroxyl groups excluding tert-OH is 1. The number of esters is 1. The van der Waals surface area contributed by atoms with Crippen LogP contribution in [0, 0.1) is 0 Å². The molecule has 1 saturated heterocycles. The minimum atomic E-state index is -5.01. The van der Waals surface area contributed by atoms with Gasteiger partial charge in [0.2, 0.25) is 0 Å². The highest BCUT2D eigenvalue weighted by atomic mass is 19.4. The van der Waals surface area contributed by atoms with Gasteiger partial charge in [-0.2, -0.15) is 0 Å². The van der Waals surface area contributed by atoms with Crippen LogP contribution < -0.4 is 20.7 Å². The number of ether oxygens (including phenoxy) is 3. The van der Waals surface area contributed by atoms with E-state index in [0.717, 1.165) is 41.3 Å². The average molecular weight is 522 g/mol. The Morgan fingerprint density at radius 2 is 2.03 bits per heavy atom. The summed E-state index contributed by atoms with van der Waals surface area (Å²) in [5.41, 5.74) is 7.11. The summed E-state index contributed by atoms with van der Waals surface area (Å²) in [6.07, 6.45) is -8.61. The second kappa shape index (κ2) is 10.1. The second-order valence-corrected chi connectivity index (χ2v) is 8.01. The van der Waals surface area contributed by atoms with E-state index in [1.54, 1.807) is 18.2 Å². The van der Waals surface area contributed by atoms with Crippen molar-refractivity contribution in [3.8, 4) is 5.75 Å². The molecule has 196 valence electrons. The number of carbonyl (C=O) groups is 3. The Balaban J connectivity index is 1.53. The van der Waals surface area contributed by atoms with Crippen LogP contribution in [-0.4, -0.2) is 67.6 Å². The zero-order valence-electron chi connectivity index (χ0n) is 19.2. The zero-order chi connectivity index (χ0) is 26.9. The fourth-order valence-electron chi connectivity index (χ4n) is 3.95. The number of aliphatic imine (C=N–C) groups is 1. The molecule has 1 fully saturated rings. The van der Waals surface area contributed by atoms with E-state index in [2.05, 4.69) is 19.8 Å². The van der Waals surface area contributed by atoms with E-state index in [0.29, 0.717) is 18.1 Å². The summed E-state index contributed by atoms with van der Waals surface area (Å²) >= 11 is 0. The molecule has 2 heterocycles. The Kier molecular flexibility index (Phi) is 7.05. The Labute approximate surface area is 207 Å². The molecule has 2 atom stereocenters. The highest BCUT2D eigenvalue weighted by Gasteiger charge is 2.41. The summed E-state index contributed by atoms with van der Waals surface area (Å²) in [7, 11) is 1.01. The van der Waals surface area contributed by atoms with E-state index in [1.807, 2.05) is 0 Å². The van der Waals surface area contributed by atoms with Crippen molar-refractivity contribution in [1.82, 2.24) is 0 Å². The molecule has 0 aliphatic carbocycles. The third-order valence-corrected chi connectivity index (χ3v) is 5.64. The van der Waals surface area contributed by atoms with Gasteiger partial charge in [-0.15, -0.1) is 13.2 Å². The molecule has 4 rings (SSSR count). The molecule has 2 unspecified atom stereocenters. The molecule has 37 heavy (non-hydrogen) atoms. The molecule has 0 aromatic heterocycles. The van der Waals surface area contributed by atoms with E-state index in [-0.39, 0.29) is 18.8 Å². The van der Waals surface area contributed by atoms with Crippen LogP contribution in [0.4, 0.5) is 24.5 Å². The number of halogens is 3. The number of methoxy groups -OCH3 is 1. The van der Waals surface area contributed by atoms with Crippen molar-refractivity contribution < 1.29 is 46.9 Å². The number of hydrogen-bond acceptors (Lipinski definition) is 9. The molecule has 2 aromatic rings. The van der Waals surface area contributed by atoms with Gasteiger partial charge in [-0.25, -0.2) is 4.79 Å². The molecule has 2 aliphatic heterocycles. The predicted octanol–water partition coefficient (Wildman–Crippen LogP) is 1.32. The van der Waals surface area contributed by atoms with E-state index >= 15 is 0 Å². The number of nitrogens with one attached hydrogen (secondary N) is 1. The number of alkyl halides is 3. The summed E-state index contributed by atoms with van der Waals surface area (Å²) < 4.78 is 51.7. The fraction of sp³-hybridized carbons (Fsp3) is 0.304. The van der Waals surface area contributed by atoms with Crippen LogP contribution in [0.5, 0.6) is 5.75 Å². The van der Waals surface area contributed by atoms with Crippen LogP contribution in [0.15, 0.2) is 41.4 Å². The van der Waals surface area contributed by atoms with Crippen molar-refractivity contribution in [2.75, 3.05) is 30.5 Å². The van der Waals surface area contributed by atoms with Gasteiger partial charge in [-0.05, 0) is 42.0 Å². The monoisotopic (exact) mass is 522 g/mol. The number of amides is 2. The van der Waals surface area contributed by atoms with Crippen LogP contribution in [-0.2, 0) is 25.6 Å². The van der Waals surface area contributed by atoms with Gasteiger partial charge in [0.15, 0.2) is 12.2 Å². The van der Waals surface area contributed by atoms with Gasteiger partial charge in [0, 0.05) is 17.8 Å². The first-order valence-corrected chi connectivity index (χ1v) is 10.8. The number of nitrogens with zero attached hydrogens (tertiary/aromatic N) is 2. The van der Waals surface area contributed by atoms with Crippen LogP contribution in [0.25, 0.3) is 0 Å². The fourth-order valence-corrected chi connectivity index (χ4v) is 3.95. The number of carbonyl (C=O) groups excluding carboxylic acids is 3. The third-order valence-electron chi connectivity index (χ3n) is 5.64. The van der Waals surface area contributed by atoms with Gasteiger partial charge < -0.3 is 35.3 Å². The van der Waals surface area contributed by atoms with E-state index in [1.165, 1.54) is 0 Å². The number of benzene rings is 2.